The first kappa shape index (κ1) is 18.8. The molecule has 1 unspecified atom stereocenters. The van der Waals surface area contributed by atoms with Crippen LogP contribution >= 0.6 is 23.2 Å². The van der Waals surface area contributed by atoms with Gasteiger partial charge in [-0.05, 0) is 12.3 Å². The molecule has 0 saturated carbocycles. The van der Waals surface area contributed by atoms with E-state index in [1.165, 1.54) is 51.4 Å². The van der Waals surface area contributed by atoms with Crippen LogP contribution in [-0.4, -0.2) is 14.4 Å². The third-order valence-electron chi connectivity index (χ3n) is 3.82. The van der Waals surface area contributed by atoms with Crippen molar-refractivity contribution in [1.29, 1.82) is 0 Å². The molecule has 0 aliphatic rings. The van der Waals surface area contributed by atoms with Crippen LogP contribution in [0.15, 0.2) is 0 Å². The minimum Gasteiger partial charge on any atom is -0.105 e. The zero-order chi connectivity index (χ0) is 13.6. The maximum Gasteiger partial charge on any atom is 0.107 e. The van der Waals surface area contributed by atoms with E-state index in [2.05, 4.69) is 13.8 Å². The molecule has 0 spiro atoms. The fourth-order valence-electron chi connectivity index (χ4n) is 2.23. The average Bonchev–Trinajstić information content (AvgIpc) is 2.35. The predicted octanol–water partition coefficient (Wildman–Crippen LogP) is 5.96. The lowest BCUT2D eigenvalue weighted by Crippen LogP contribution is -1.98. The van der Waals surface area contributed by atoms with Crippen LogP contribution in [0.2, 0.25) is 12.1 Å². The molecule has 0 radical (unpaired) electrons. The van der Waals surface area contributed by atoms with Gasteiger partial charge in [0.25, 0.3) is 0 Å². The second-order valence-corrected chi connectivity index (χ2v) is 8.93. The first-order valence-corrected chi connectivity index (χ1v) is 10.8. The molecule has 0 saturated heterocycles. The third kappa shape index (κ3) is 14.9. The molecular weight excluding hydrogens is 279 g/mol. The highest BCUT2D eigenvalue weighted by atomic mass is 35.5. The highest BCUT2D eigenvalue weighted by molar-refractivity contribution is 6.44. The molecule has 0 aliphatic heterocycles. The molecule has 3 heteroatoms. The molecule has 18 heavy (non-hydrogen) atoms. The highest BCUT2D eigenvalue weighted by Gasteiger charge is 1.99. The Bertz CT molecular complexity index is 163. The van der Waals surface area contributed by atoms with Crippen LogP contribution in [-0.2, 0) is 0 Å². The summed E-state index contributed by atoms with van der Waals surface area (Å²) < 4.78 is 0. The maximum atomic E-state index is 5.69. The second-order valence-electron chi connectivity index (χ2n) is 5.66. The van der Waals surface area contributed by atoms with Gasteiger partial charge in [0.15, 0.2) is 0 Å². The maximum absolute atomic E-state index is 5.69. The van der Waals surface area contributed by atoms with Crippen LogP contribution < -0.4 is 0 Å². The summed E-state index contributed by atoms with van der Waals surface area (Å²) >= 11 is 11.4. The normalized spacial score (nSPS) is 13.8. The smallest absolute Gasteiger partial charge is 0.105 e. The van der Waals surface area contributed by atoms with E-state index in [1.807, 2.05) is 0 Å². The van der Waals surface area contributed by atoms with Gasteiger partial charge in [-0.2, -0.15) is 0 Å². The Kier molecular flexibility index (Phi) is 14.8. The highest BCUT2D eigenvalue weighted by Crippen LogP contribution is 2.15. The molecule has 1 atom stereocenters. The zero-order valence-corrected chi connectivity index (χ0v) is 15.3. The van der Waals surface area contributed by atoms with Gasteiger partial charge in [0, 0.05) is 9.52 Å². The molecule has 0 nitrogen and oxygen atoms in total. The molecular formula is C15H32Cl2Si. The van der Waals surface area contributed by atoms with Crippen LogP contribution in [0.4, 0.5) is 0 Å². The van der Waals surface area contributed by atoms with E-state index in [9.17, 15) is 0 Å². The lowest BCUT2D eigenvalue weighted by atomic mass is 10.1. The van der Waals surface area contributed by atoms with Crippen LogP contribution in [0.5, 0.6) is 0 Å². The van der Waals surface area contributed by atoms with Gasteiger partial charge in [0.1, 0.15) is 4.84 Å². The van der Waals surface area contributed by atoms with E-state index in [4.69, 9.17) is 23.2 Å². The number of unbranched alkanes of at least 4 members (excludes halogenated alkanes) is 6. The fourth-order valence-corrected chi connectivity index (χ4v) is 4.64. The monoisotopic (exact) mass is 310 g/mol. The van der Waals surface area contributed by atoms with E-state index >= 15 is 0 Å². The molecule has 0 rings (SSSR count). The molecule has 0 heterocycles. The Morgan fingerprint density at radius 1 is 0.889 bits per heavy atom. The molecule has 0 aliphatic carbocycles. The lowest BCUT2D eigenvalue weighted by Gasteiger charge is -2.06. The second kappa shape index (κ2) is 14.2. The third-order valence-corrected chi connectivity index (χ3v) is 6.65. The van der Waals surface area contributed by atoms with E-state index in [0.717, 1.165) is 12.3 Å². The Balaban J connectivity index is 2.99. The van der Waals surface area contributed by atoms with Crippen molar-refractivity contribution in [3.05, 3.63) is 0 Å². The minimum atomic E-state index is -0.152. The van der Waals surface area contributed by atoms with Crippen molar-refractivity contribution in [1.82, 2.24) is 0 Å². The van der Waals surface area contributed by atoms with Crippen molar-refractivity contribution in [3.8, 4) is 0 Å². The molecule has 0 aromatic heterocycles. The molecule has 0 amide bonds. The number of alkyl halides is 2. The van der Waals surface area contributed by atoms with Crippen molar-refractivity contribution < 1.29 is 0 Å². The fraction of sp³-hybridized carbons (Fsp3) is 1.00. The zero-order valence-electron chi connectivity index (χ0n) is 12.4. The molecule has 0 aromatic rings. The van der Waals surface area contributed by atoms with E-state index in [-0.39, 0.29) is 14.4 Å². The quantitative estimate of drug-likeness (QED) is 0.223. The van der Waals surface area contributed by atoms with Crippen LogP contribution in [0.1, 0.15) is 71.6 Å². The first-order valence-electron chi connectivity index (χ1n) is 7.95. The lowest BCUT2D eigenvalue weighted by molar-refractivity contribution is 0.581. The van der Waals surface area contributed by atoms with Crippen molar-refractivity contribution >= 4 is 32.7 Å². The van der Waals surface area contributed by atoms with Crippen LogP contribution in [0.25, 0.3) is 0 Å². The molecule has 0 aromatic carbocycles. The van der Waals surface area contributed by atoms with Crippen molar-refractivity contribution in [2.75, 3.05) is 0 Å². The molecule has 110 valence electrons. The van der Waals surface area contributed by atoms with Gasteiger partial charge in [0.05, 0.1) is 0 Å². The SMILES string of the molecule is CCC(C)C[SiH2]CCCCCCCCCC(Cl)Cl. The van der Waals surface area contributed by atoms with Gasteiger partial charge >= 0.3 is 0 Å². The van der Waals surface area contributed by atoms with E-state index < -0.39 is 0 Å². The molecule has 0 N–H and O–H groups in total. The van der Waals surface area contributed by atoms with Gasteiger partial charge < -0.3 is 0 Å². The summed E-state index contributed by atoms with van der Waals surface area (Å²) in [4.78, 5) is -0.152. The van der Waals surface area contributed by atoms with E-state index in [1.54, 1.807) is 12.1 Å². The summed E-state index contributed by atoms with van der Waals surface area (Å²) in [7, 11) is 0.267. The first-order chi connectivity index (χ1) is 8.66. The molecule has 0 bridgehead atoms. The minimum absolute atomic E-state index is 0.152. The largest absolute Gasteiger partial charge is 0.107 e. The van der Waals surface area contributed by atoms with Crippen molar-refractivity contribution in [3.63, 3.8) is 0 Å². The average molecular weight is 311 g/mol. The Morgan fingerprint density at radius 2 is 1.44 bits per heavy atom. The summed E-state index contributed by atoms with van der Waals surface area (Å²) in [5, 5.41) is 0. The van der Waals surface area contributed by atoms with Crippen molar-refractivity contribution in [2.45, 2.75) is 88.6 Å². The Hall–Kier alpha value is 0.797. The standard InChI is InChI=1S/C15H32Cl2Si/c1-3-14(2)13-18-12-10-8-6-4-5-7-9-11-15(16)17/h14-15H,3-13,18H2,1-2H3. The number of hydrogen-bond donors (Lipinski definition) is 0. The van der Waals surface area contributed by atoms with Crippen LogP contribution in [0, 0.1) is 5.92 Å². The van der Waals surface area contributed by atoms with E-state index in [0.29, 0.717) is 0 Å². The Morgan fingerprint density at radius 3 is 2.00 bits per heavy atom. The van der Waals surface area contributed by atoms with Gasteiger partial charge in [-0.25, -0.2) is 0 Å². The number of halogens is 2. The van der Waals surface area contributed by atoms with Gasteiger partial charge in [-0.1, -0.05) is 77.3 Å². The Labute approximate surface area is 127 Å². The summed E-state index contributed by atoms with van der Waals surface area (Å²) in [5.41, 5.74) is 0. The number of hydrogen-bond acceptors (Lipinski definition) is 0. The van der Waals surface area contributed by atoms with Gasteiger partial charge in [-0.15, -0.1) is 23.2 Å². The summed E-state index contributed by atoms with van der Waals surface area (Å²) in [6.45, 7) is 4.72. The predicted molar refractivity (Wildman–Crippen MR) is 90.0 cm³/mol. The van der Waals surface area contributed by atoms with Gasteiger partial charge in [0.2, 0.25) is 0 Å². The number of rotatable bonds is 13. The molecule has 0 fully saturated rings. The topological polar surface area (TPSA) is 0 Å². The summed E-state index contributed by atoms with van der Waals surface area (Å²) in [5.74, 6) is 0.990. The summed E-state index contributed by atoms with van der Waals surface area (Å²) in [6.07, 6.45) is 12.0. The summed E-state index contributed by atoms with van der Waals surface area (Å²) in [6, 6.07) is 3.14. The van der Waals surface area contributed by atoms with Gasteiger partial charge in [-0.3, -0.25) is 0 Å². The van der Waals surface area contributed by atoms with Crippen molar-refractivity contribution in [2.24, 2.45) is 5.92 Å². The van der Waals surface area contributed by atoms with Crippen LogP contribution in [0.3, 0.4) is 0 Å².